The lowest BCUT2D eigenvalue weighted by molar-refractivity contribution is 0.0440. The Labute approximate surface area is 180 Å². The molecule has 0 fully saturated rings. The highest BCUT2D eigenvalue weighted by Gasteiger charge is 2.27. The molecule has 2 rings (SSSR count). The van der Waals surface area contributed by atoms with Gasteiger partial charge in [0, 0.05) is 5.56 Å². The second kappa shape index (κ2) is 13.5. The Hall–Kier alpha value is -1.78. The third-order valence-electron chi connectivity index (χ3n) is 4.62. The first-order valence-corrected chi connectivity index (χ1v) is 12.5. The van der Waals surface area contributed by atoms with Crippen LogP contribution in [0.5, 0.6) is 0 Å². The lowest BCUT2D eigenvalue weighted by Crippen LogP contribution is -2.19. The van der Waals surface area contributed by atoms with Crippen molar-refractivity contribution in [1.29, 1.82) is 0 Å². The molecule has 5 nitrogen and oxygen atoms in total. The number of ether oxygens (including phenoxy) is 1. The van der Waals surface area contributed by atoms with Crippen LogP contribution in [-0.2, 0) is 18.3 Å². The van der Waals surface area contributed by atoms with Gasteiger partial charge in [-0.2, -0.15) is 0 Å². The molecule has 0 aliphatic heterocycles. The molecular weight excluding hydrogens is 399 g/mol. The Kier molecular flexibility index (Phi) is 11.0. The summed E-state index contributed by atoms with van der Waals surface area (Å²) in [6.45, 7) is 4.99. The maximum absolute atomic E-state index is 13.1. The fourth-order valence-electron chi connectivity index (χ4n) is 2.85. The van der Waals surface area contributed by atoms with E-state index in [1.165, 1.54) is 0 Å². The average molecular weight is 432 g/mol. The first kappa shape index (κ1) is 24.5. The Morgan fingerprint density at radius 2 is 1.37 bits per heavy atom. The Morgan fingerprint density at radius 3 is 1.90 bits per heavy atom. The lowest BCUT2D eigenvalue weighted by atomic mass is 10.00. The molecule has 0 saturated heterocycles. The molecule has 0 saturated carbocycles. The molecule has 0 N–H and O–H groups in total. The van der Waals surface area contributed by atoms with Crippen molar-refractivity contribution in [2.45, 2.75) is 45.6 Å². The third-order valence-corrected chi connectivity index (χ3v) is 6.50. The Balaban J connectivity index is 2.07. The van der Waals surface area contributed by atoms with Crippen LogP contribution in [0, 0.1) is 0 Å². The van der Waals surface area contributed by atoms with Gasteiger partial charge in [-0.05, 0) is 18.4 Å². The minimum absolute atomic E-state index is 0.105. The van der Waals surface area contributed by atoms with Gasteiger partial charge in [0.2, 0.25) is 0 Å². The van der Waals surface area contributed by atoms with Crippen LogP contribution < -0.4 is 0 Å². The lowest BCUT2D eigenvalue weighted by Gasteiger charge is -2.21. The zero-order valence-corrected chi connectivity index (χ0v) is 18.9. The molecule has 0 aliphatic rings. The maximum Gasteiger partial charge on any atom is 0.332 e. The third kappa shape index (κ3) is 8.16. The number of unbranched alkanes of at least 4 members (excludes halogenated alkanes) is 2. The summed E-state index contributed by atoms with van der Waals surface area (Å²) in [5, 5.41) is 0. The average Bonchev–Trinajstić information content (AvgIpc) is 2.78. The van der Waals surface area contributed by atoms with Gasteiger partial charge in [-0.3, -0.25) is 9.36 Å². The minimum Gasteiger partial charge on any atom is -0.365 e. The summed E-state index contributed by atoms with van der Waals surface area (Å²) in [6.07, 6.45) is 2.89. The number of carbonyl (C=O) groups is 1. The molecule has 0 radical (unpaired) electrons. The number of Topliss-reactive ketones (excluding diaryl/α,β-unsaturated/α-hetero) is 1. The monoisotopic (exact) mass is 432 g/mol. The fraction of sp³-hybridized carbons (Fsp3) is 0.458. The van der Waals surface area contributed by atoms with Crippen LogP contribution in [-0.4, -0.2) is 31.8 Å². The normalized spacial score (nSPS) is 12.6. The fourth-order valence-corrected chi connectivity index (χ4v) is 4.33. The Morgan fingerprint density at radius 1 is 0.833 bits per heavy atom. The Bertz CT molecular complexity index is 765. The summed E-state index contributed by atoms with van der Waals surface area (Å²) in [7, 11) is -3.27. The summed E-state index contributed by atoms with van der Waals surface area (Å²) in [5.74, 6) is -0.129. The van der Waals surface area contributed by atoms with Crippen LogP contribution in [0.3, 0.4) is 0 Å². The molecule has 1 atom stereocenters. The second-order valence-corrected chi connectivity index (χ2v) is 9.29. The SMILES string of the molecule is CCCCOP(=O)(CCOC(C(=O)c1ccccc1)c1ccccc1)OCCCC. The van der Waals surface area contributed by atoms with Crippen LogP contribution in [0.1, 0.15) is 61.6 Å². The molecule has 0 aromatic heterocycles. The second-order valence-electron chi connectivity index (χ2n) is 7.10. The van der Waals surface area contributed by atoms with Crippen molar-refractivity contribution in [1.82, 2.24) is 0 Å². The summed E-state index contributed by atoms with van der Waals surface area (Å²) in [6, 6.07) is 18.4. The molecule has 1 unspecified atom stereocenters. The van der Waals surface area contributed by atoms with Gasteiger partial charge in [-0.15, -0.1) is 0 Å². The number of hydrogen-bond acceptors (Lipinski definition) is 5. The molecule has 0 heterocycles. The standard InChI is InChI=1S/C24H33O5P/c1-3-5-17-28-30(26,29-18-6-4-2)20-19-27-24(22-15-11-8-12-16-22)23(25)21-13-9-7-10-14-21/h7-16,24H,3-6,17-20H2,1-2H3. The van der Waals surface area contributed by atoms with Gasteiger partial charge in [0.05, 0.1) is 26.0 Å². The smallest absolute Gasteiger partial charge is 0.332 e. The number of carbonyl (C=O) groups excluding carboxylic acids is 1. The first-order chi connectivity index (χ1) is 14.6. The van der Waals surface area contributed by atoms with Crippen molar-refractivity contribution in [3.63, 3.8) is 0 Å². The summed E-state index contributed by atoms with van der Waals surface area (Å²) >= 11 is 0. The molecule has 164 valence electrons. The number of benzene rings is 2. The molecule has 0 amide bonds. The summed E-state index contributed by atoms with van der Waals surface area (Å²) in [5.41, 5.74) is 1.34. The maximum atomic E-state index is 13.1. The van der Waals surface area contributed by atoms with Gasteiger partial charge in [0.15, 0.2) is 5.78 Å². The molecule has 0 spiro atoms. The zero-order chi connectivity index (χ0) is 21.7. The highest BCUT2D eigenvalue weighted by atomic mass is 31.2. The van der Waals surface area contributed by atoms with E-state index in [1.807, 2.05) is 48.5 Å². The van der Waals surface area contributed by atoms with Gasteiger partial charge in [0.25, 0.3) is 0 Å². The van der Waals surface area contributed by atoms with E-state index < -0.39 is 13.7 Å². The predicted molar refractivity (Wildman–Crippen MR) is 120 cm³/mol. The molecule has 30 heavy (non-hydrogen) atoms. The van der Waals surface area contributed by atoms with Gasteiger partial charge in [-0.25, -0.2) is 0 Å². The zero-order valence-electron chi connectivity index (χ0n) is 18.0. The topological polar surface area (TPSA) is 61.8 Å². The van der Waals surface area contributed by atoms with Gasteiger partial charge < -0.3 is 13.8 Å². The largest absolute Gasteiger partial charge is 0.365 e. The van der Waals surface area contributed by atoms with E-state index in [9.17, 15) is 9.36 Å². The van der Waals surface area contributed by atoms with Crippen LogP contribution in [0.15, 0.2) is 60.7 Å². The molecule has 2 aromatic rings. The summed E-state index contributed by atoms with van der Waals surface area (Å²) in [4.78, 5) is 13.1. The molecule has 6 heteroatoms. The van der Waals surface area contributed by atoms with E-state index in [4.69, 9.17) is 13.8 Å². The first-order valence-electron chi connectivity index (χ1n) is 10.7. The van der Waals surface area contributed by atoms with Crippen LogP contribution in [0.2, 0.25) is 0 Å². The van der Waals surface area contributed by atoms with E-state index in [0.29, 0.717) is 18.8 Å². The van der Waals surface area contributed by atoms with Crippen molar-refractivity contribution in [2.24, 2.45) is 0 Å². The van der Waals surface area contributed by atoms with Gasteiger partial charge in [0.1, 0.15) is 6.10 Å². The van der Waals surface area contributed by atoms with E-state index >= 15 is 0 Å². The molecule has 0 bridgehead atoms. The quantitative estimate of drug-likeness (QED) is 0.184. The highest BCUT2D eigenvalue weighted by molar-refractivity contribution is 7.53. The van der Waals surface area contributed by atoms with Crippen molar-refractivity contribution >= 4 is 13.4 Å². The predicted octanol–water partition coefficient (Wildman–Crippen LogP) is 6.45. The van der Waals surface area contributed by atoms with Crippen LogP contribution >= 0.6 is 7.60 Å². The van der Waals surface area contributed by atoms with E-state index in [2.05, 4.69) is 13.8 Å². The molecule has 0 aliphatic carbocycles. The number of ketones is 1. The summed E-state index contributed by atoms with van der Waals surface area (Å²) < 4.78 is 30.3. The van der Waals surface area contributed by atoms with E-state index in [-0.39, 0.29) is 18.6 Å². The van der Waals surface area contributed by atoms with Crippen molar-refractivity contribution in [2.75, 3.05) is 26.0 Å². The molecule has 2 aromatic carbocycles. The van der Waals surface area contributed by atoms with Gasteiger partial charge >= 0.3 is 7.60 Å². The molecular formula is C24H33O5P. The minimum atomic E-state index is -3.27. The van der Waals surface area contributed by atoms with Crippen molar-refractivity contribution in [3.05, 3.63) is 71.8 Å². The highest BCUT2D eigenvalue weighted by Crippen LogP contribution is 2.48. The van der Waals surface area contributed by atoms with Crippen molar-refractivity contribution < 1.29 is 23.1 Å². The van der Waals surface area contributed by atoms with E-state index in [1.54, 1.807) is 12.1 Å². The number of hydrogen-bond donors (Lipinski definition) is 0. The van der Waals surface area contributed by atoms with Gasteiger partial charge in [-0.1, -0.05) is 87.4 Å². The number of rotatable bonds is 15. The van der Waals surface area contributed by atoms with E-state index in [0.717, 1.165) is 31.2 Å². The van der Waals surface area contributed by atoms with Crippen molar-refractivity contribution in [3.8, 4) is 0 Å². The van der Waals surface area contributed by atoms with Crippen LogP contribution in [0.4, 0.5) is 0 Å². The van der Waals surface area contributed by atoms with Crippen LogP contribution in [0.25, 0.3) is 0 Å².